The van der Waals surface area contributed by atoms with Gasteiger partial charge in [0.15, 0.2) is 5.78 Å². The second-order valence-corrected chi connectivity index (χ2v) is 10.5. The fraction of sp³-hybridized carbons (Fsp3) is 0.833. The predicted molar refractivity (Wildman–Crippen MR) is 98.9 cm³/mol. The molecule has 3 aliphatic heterocycles. The highest BCUT2D eigenvalue weighted by molar-refractivity contribution is 14.1. The van der Waals surface area contributed by atoms with E-state index in [9.17, 15) is 14.4 Å². The fourth-order valence-electron chi connectivity index (χ4n) is 6.33. The normalized spacial score (nSPS) is 50.0. The second kappa shape index (κ2) is 5.65. The summed E-state index contributed by atoms with van der Waals surface area (Å²) in [5.41, 5.74) is 4.14. The summed E-state index contributed by atoms with van der Waals surface area (Å²) in [5.74, 6) is -0.159. The molecule has 0 aromatic carbocycles. The summed E-state index contributed by atoms with van der Waals surface area (Å²) in [6.07, 6.45) is 3.24. The number of amides is 1. The van der Waals surface area contributed by atoms with Crippen molar-refractivity contribution in [3.8, 4) is 0 Å². The minimum absolute atomic E-state index is 0.0167. The first-order valence-electron chi connectivity index (χ1n) is 9.11. The lowest BCUT2D eigenvalue weighted by Gasteiger charge is -2.53. The van der Waals surface area contributed by atoms with Crippen LogP contribution in [0.25, 0.3) is 0 Å². The largest absolute Gasteiger partial charge is 0.468 e. The molecule has 4 rings (SSSR count). The summed E-state index contributed by atoms with van der Waals surface area (Å²) in [6, 6.07) is 0.219. The van der Waals surface area contributed by atoms with Crippen molar-refractivity contribution in [1.29, 1.82) is 0 Å². The number of fused-ring (bicyclic) bond motifs is 2. The molecule has 1 saturated carbocycles. The third-order valence-electron chi connectivity index (χ3n) is 7.30. The van der Waals surface area contributed by atoms with Gasteiger partial charge < -0.3 is 10.5 Å². The topological polar surface area (TPSA) is 89.7 Å². The van der Waals surface area contributed by atoms with Gasteiger partial charge in [-0.25, -0.2) is 0 Å². The van der Waals surface area contributed by atoms with E-state index in [-0.39, 0.29) is 34.0 Å². The van der Waals surface area contributed by atoms with Gasteiger partial charge in [0.25, 0.3) is 0 Å². The van der Waals surface area contributed by atoms with Gasteiger partial charge in [-0.15, -0.1) is 0 Å². The highest BCUT2D eigenvalue weighted by atomic mass is 127. The molecule has 0 aromatic heterocycles. The minimum atomic E-state index is -1.20. The van der Waals surface area contributed by atoms with E-state index in [1.54, 1.807) is 0 Å². The fourth-order valence-corrected chi connectivity index (χ4v) is 8.07. The van der Waals surface area contributed by atoms with Gasteiger partial charge in [-0.1, -0.05) is 29.5 Å². The van der Waals surface area contributed by atoms with Crippen LogP contribution in [-0.2, 0) is 19.1 Å². The molecule has 3 heterocycles. The maximum atomic E-state index is 13.7. The Hall–Kier alpha value is -0.700. The monoisotopic (exact) mass is 460 g/mol. The minimum Gasteiger partial charge on any atom is -0.468 e. The van der Waals surface area contributed by atoms with Crippen LogP contribution >= 0.6 is 22.6 Å². The predicted octanol–water partition coefficient (Wildman–Crippen LogP) is 1.29. The summed E-state index contributed by atoms with van der Waals surface area (Å²) >= 11 is 2.58. The van der Waals surface area contributed by atoms with Crippen LogP contribution in [0.5, 0.6) is 0 Å². The van der Waals surface area contributed by atoms with Crippen LogP contribution < -0.4 is 5.73 Å². The van der Waals surface area contributed by atoms with Gasteiger partial charge in [0.05, 0.1) is 13.2 Å². The van der Waals surface area contributed by atoms with E-state index in [0.717, 1.165) is 25.8 Å². The van der Waals surface area contributed by atoms with E-state index in [1.807, 2.05) is 0 Å². The standard InChI is InChI=1S/C18H25IN2O4/c1-9-5-11-14-15(23)17(16(24)25-2,4-3-13(20)22)10-7-18(11,19)12(6-9)21(14)8-10/h9-12,14H,3-8H2,1-2H3,(H2,20,22)/t9-,10-,11+,12-,14?,17-,18-/m1/s1. The van der Waals surface area contributed by atoms with Gasteiger partial charge in [0, 0.05) is 22.4 Å². The van der Waals surface area contributed by atoms with E-state index in [2.05, 4.69) is 34.4 Å². The number of hydrogen-bond donors (Lipinski definition) is 1. The summed E-state index contributed by atoms with van der Waals surface area (Å²) < 4.78 is 5.14. The highest BCUT2D eigenvalue weighted by Gasteiger charge is 2.74. The van der Waals surface area contributed by atoms with Crippen LogP contribution in [0.2, 0.25) is 0 Å². The molecule has 0 aromatic rings. The number of esters is 1. The van der Waals surface area contributed by atoms with E-state index in [4.69, 9.17) is 10.5 Å². The zero-order valence-electron chi connectivity index (χ0n) is 14.7. The number of ether oxygens (including phenoxy) is 1. The third-order valence-corrected chi connectivity index (χ3v) is 9.26. The highest BCUT2D eigenvalue weighted by Crippen LogP contribution is 2.66. The summed E-state index contributed by atoms with van der Waals surface area (Å²) in [4.78, 5) is 40.3. The van der Waals surface area contributed by atoms with Crippen LogP contribution in [0.1, 0.15) is 39.0 Å². The van der Waals surface area contributed by atoms with Crippen molar-refractivity contribution >= 4 is 40.3 Å². The van der Waals surface area contributed by atoms with Crippen molar-refractivity contribution in [1.82, 2.24) is 4.90 Å². The molecule has 2 N–H and O–H groups in total. The molecule has 1 aliphatic carbocycles. The van der Waals surface area contributed by atoms with Gasteiger partial charge >= 0.3 is 5.97 Å². The molecule has 7 heteroatoms. The Morgan fingerprint density at radius 2 is 2.12 bits per heavy atom. The molecule has 4 aliphatic rings. The van der Waals surface area contributed by atoms with Crippen molar-refractivity contribution in [2.45, 2.75) is 54.5 Å². The summed E-state index contributed by atoms with van der Waals surface area (Å²) in [7, 11) is 1.33. The van der Waals surface area contributed by atoms with Crippen LogP contribution in [-0.4, -0.2) is 51.7 Å². The van der Waals surface area contributed by atoms with E-state index in [1.165, 1.54) is 7.11 Å². The molecule has 8 atom stereocenters. The maximum Gasteiger partial charge on any atom is 0.319 e. The van der Waals surface area contributed by atoms with E-state index < -0.39 is 17.3 Å². The van der Waals surface area contributed by atoms with Crippen molar-refractivity contribution < 1.29 is 19.1 Å². The van der Waals surface area contributed by atoms with Gasteiger partial charge in [0.2, 0.25) is 5.91 Å². The Morgan fingerprint density at radius 3 is 2.76 bits per heavy atom. The molecule has 3 saturated heterocycles. The van der Waals surface area contributed by atoms with Crippen molar-refractivity contribution in [3.05, 3.63) is 0 Å². The Balaban J connectivity index is 1.79. The van der Waals surface area contributed by atoms with Gasteiger partial charge in [-0.3, -0.25) is 19.3 Å². The molecule has 2 unspecified atom stereocenters. The summed E-state index contributed by atoms with van der Waals surface area (Å²) in [6.45, 7) is 3.02. The Labute approximate surface area is 161 Å². The number of primary amides is 1. The lowest BCUT2D eigenvalue weighted by Crippen LogP contribution is -2.65. The number of carbonyl (C=O) groups is 3. The number of hydrogen-bond acceptors (Lipinski definition) is 5. The number of carbonyl (C=O) groups excluding carboxylic acids is 3. The number of nitrogens with two attached hydrogens (primary N) is 1. The zero-order valence-corrected chi connectivity index (χ0v) is 16.8. The van der Waals surface area contributed by atoms with Gasteiger partial charge in [0.1, 0.15) is 5.41 Å². The molecular formula is C18H25IN2O4. The lowest BCUT2D eigenvalue weighted by atomic mass is 9.62. The molecule has 0 radical (unpaired) electrons. The van der Waals surface area contributed by atoms with Crippen LogP contribution in [0.4, 0.5) is 0 Å². The average Bonchev–Trinajstić information content (AvgIpc) is 2.69. The van der Waals surface area contributed by atoms with E-state index in [0.29, 0.717) is 17.9 Å². The van der Waals surface area contributed by atoms with Crippen LogP contribution in [0.3, 0.4) is 0 Å². The Bertz CT molecular complexity index is 655. The first-order valence-corrected chi connectivity index (χ1v) is 10.2. The number of Topliss-reactive ketones (excluding diaryl/α,β-unsaturated/α-hetero) is 1. The molecule has 138 valence electrons. The number of nitrogens with zero attached hydrogens (tertiary/aromatic N) is 1. The van der Waals surface area contributed by atoms with Crippen molar-refractivity contribution in [2.75, 3.05) is 13.7 Å². The Kier molecular flexibility index (Phi) is 4.00. The molecular weight excluding hydrogens is 435 g/mol. The van der Waals surface area contributed by atoms with Crippen molar-refractivity contribution in [3.63, 3.8) is 0 Å². The molecule has 4 fully saturated rings. The number of halogens is 1. The second-order valence-electron chi connectivity index (χ2n) is 8.46. The molecule has 0 spiro atoms. The smallest absolute Gasteiger partial charge is 0.319 e. The SMILES string of the molecule is COC(=O)[C@@]1(CCC(N)=O)C(=O)C2[C@@H]3C[C@@H](C)C[C@H]4N2C[C@H]1C[C@@]34I. The first kappa shape index (κ1) is 17.7. The Morgan fingerprint density at radius 1 is 1.40 bits per heavy atom. The zero-order chi connectivity index (χ0) is 18.1. The number of piperidine rings is 2. The molecule has 5 bridgehead atoms. The maximum absolute atomic E-state index is 13.7. The van der Waals surface area contributed by atoms with Gasteiger partial charge in [-0.2, -0.15) is 0 Å². The van der Waals surface area contributed by atoms with Crippen LogP contribution in [0.15, 0.2) is 0 Å². The van der Waals surface area contributed by atoms with E-state index >= 15 is 0 Å². The van der Waals surface area contributed by atoms with Crippen molar-refractivity contribution in [2.24, 2.45) is 28.9 Å². The number of alkyl halides is 1. The first-order chi connectivity index (χ1) is 11.8. The molecule has 25 heavy (non-hydrogen) atoms. The molecule has 1 amide bonds. The molecule has 6 nitrogen and oxygen atoms in total. The van der Waals surface area contributed by atoms with Crippen LogP contribution in [0, 0.1) is 23.2 Å². The van der Waals surface area contributed by atoms with Gasteiger partial charge in [-0.05, 0) is 43.4 Å². The number of methoxy groups -OCH3 is 1. The quantitative estimate of drug-likeness (QED) is 0.296. The summed E-state index contributed by atoms with van der Waals surface area (Å²) in [5, 5.41) is 0. The number of ketones is 1. The average molecular weight is 460 g/mol. The third kappa shape index (κ3) is 2.14. The lowest BCUT2D eigenvalue weighted by molar-refractivity contribution is -0.172. The number of rotatable bonds is 4.